The van der Waals surface area contributed by atoms with Crippen LogP contribution in [0.5, 0.6) is 0 Å². The molecule has 0 spiro atoms. The first kappa shape index (κ1) is 12.4. The molecule has 0 aliphatic heterocycles. The summed E-state index contributed by atoms with van der Waals surface area (Å²) in [6, 6.07) is 6.28. The highest BCUT2D eigenvalue weighted by molar-refractivity contribution is 5.95. The lowest BCUT2D eigenvalue weighted by molar-refractivity contribution is 0.202. The van der Waals surface area contributed by atoms with E-state index in [1.54, 1.807) is 7.11 Å². The number of methoxy groups -OCH3 is 1. The Hall–Kier alpha value is -1.65. The Labute approximate surface area is 112 Å². The molecular weight excluding hydrogens is 238 g/mol. The Morgan fingerprint density at radius 1 is 1.37 bits per heavy atom. The Morgan fingerprint density at radius 2 is 2.26 bits per heavy atom. The van der Waals surface area contributed by atoms with Crippen LogP contribution in [0.3, 0.4) is 0 Å². The number of hydrazine groups is 1. The van der Waals surface area contributed by atoms with Crippen LogP contribution in [0.4, 0.5) is 5.69 Å². The van der Waals surface area contributed by atoms with E-state index in [-0.39, 0.29) is 0 Å². The van der Waals surface area contributed by atoms with Crippen LogP contribution < -0.4 is 11.3 Å². The maximum Gasteiger partial charge on any atom is 0.0759 e. The average Bonchev–Trinajstić information content (AvgIpc) is 2.90. The highest BCUT2D eigenvalue weighted by atomic mass is 16.5. The van der Waals surface area contributed by atoms with Crippen molar-refractivity contribution in [2.75, 3.05) is 19.1 Å². The van der Waals surface area contributed by atoms with E-state index in [0.717, 1.165) is 35.9 Å². The average molecular weight is 257 g/mol. The minimum atomic E-state index is 0.712. The molecule has 3 rings (SSSR count). The lowest BCUT2D eigenvalue weighted by Crippen LogP contribution is -2.11. The number of benzene rings is 1. The number of aromatic nitrogens is 1. The number of rotatable bonds is 4. The van der Waals surface area contributed by atoms with Crippen molar-refractivity contribution in [3.05, 3.63) is 35.0 Å². The summed E-state index contributed by atoms with van der Waals surface area (Å²) in [6.07, 6.45) is 4.17. The van der Waals surface area contributed by atoms with Crippen LogP contribution in [0.25, 0.3) is 10.9 Å². The molecule has 4 nitrogen and oxygen atoms in total. The number of fused-ring (bicyclic) bond motifs is 2. The highest BCUT2D eigenvalue weighted by Gasteiger charge is 2.20. The monoisotopic (exact) mass is 257 g/mol. The summed E-state index contributed by atoms with van der Waals surface area (Å²) < 4.78 is 5.18. The number of ether oxygens (including phenoxy) is 1. The zero-order chi connectivity index (χ0) is 13.2. The minimum absolute atomic E-state index is 0.712. The Kier molecular flexibility index (Phi) is 3.36. The molecule has 0 atom stereocenters. The van der Waals surface area contributed by atoms with Crippen LogP contribution in [-0.4, -0.2) is 18.7 Å². The van der Waals surface area contributed by atoms with E-state index < -0.39 is 0 Å². The van der Waals surface area contributed by atoms with Crippen molar-refractivity contribution >= 4 is 16.6 Å². The van der Waals surface area contributed by atoms with Crippen molar-refractivity contribution in [2.24, 2.45) is 5.84 Å². The van der Waals surface area contributed by atoms with Gasteiger partial charge in [0.1, 0.15) is 0 Å². The van der Waals surface area contributed by atoms with Crippen LogP contribution in [0.2, 0.25) is 0 Å². The second kappa shape index (κ2) is 5.15. The van der Waals surface area contributed by atoms with Gasteiger partial charge in [0.05, 0.1) is 17.8 Å². The van der Waals surface area contributed by atoms with Crippen molar-refractivity contribution in [3.8, 4) is 0 Å². The SMILES string of the molecule is COCCc1cccc2c(NN)c3c(nc12)CCC3. The molecule has 0 saturated heterocycles. The first-order valence-electron chi connectivity index (χ1n) is 6.74. The number of aryl methyl sites for hydroxylation is 1. The Morgan fingerprint density at radius 3 is 3.05 bits per heavy atom. The molecule has 1 aliphatic rings. The van der Waals surface area contributed by atoms with Gasteiger partial charge in [-0.05, 0) is 36.8 Å². The van der Waals surface area contributed by atoms with Gasteiger partial charge in [0.25, 0.3) is 0 Å². The fourth-order valence-electron chi connectivity index (χ4n) is 2.92. The number of nitrogens with one attached hydrogen (secondary N) is 1. The molecule has 0 fully saturated rings. The molecule has 1 heterocycles. The van der Waals surface area contributed by atoms with E-state index in [9.17, 15) is 0 Å². The van der Waals surface area contributed by atoms with Crippen molar-refractivity contribution < 1.29 is 4.74 Å². The summed E-state index contributed by atoms with van der Waals surface area (Å²) in [5.74, 6) is 5.74. The molecule has 0 amide bonds. The van der Waals surface area contributed by atoms with Gasteiger partial charge in [0, 0.05) is 18.2 Å². The molecule has 0 unspecified atom stereocenters. The van der Waals surface area contributed by atoms with Gasteiger partial charge >= 0.3 is 0 Å². The van der Waals surface area contributed by atoms with Gasteiger partial charge in [0.15, 0.2) is 0 Å². The molecule has 0 saturated carbocycles. The molecular formula is C15H19N3O. The minimum Gasteiger partial charge on any atom is -0.384 e. The van der Waals surface area contributed by atoms with Gasteiger partial charge < -0.3 is 10.2 Å². The quantitative estimate of drug-likeness (QED) is 0.651. The van der Waals surface area contributed by atoms with E-state index in [4.69, 9.17) is 15.6 Å². The standard InChI is InChI=1S/C15H19N3O/c1-19-9-8-10-4-2-6-12-14(10)17-13-7-3-5-11(13)15(12)18-16/h2,4,6H,3,5,7-9,16H2,1H3,(H,17,18). The van der Waals surface area contributed by atoms with Crippen LogP contribution in [0.15, 0.2) is 18.2 Å². The molecule has 0 bridgehead atoms. The van der Waals surface area contributed by atoms with Gasteiger partial charge in [-0.3, -0.25) is 10.8 Å². The Balaban J connectivity index is 2.21. The molecule has 4 heteroatoms. The largest absolute Gasteiger partial charge is 0.384 e. The molecule has 2 aromatic rings. The van der Waals surface area contributed by atoms with Crippen LogP contribution >= 0.6 is 0 Å². The van der Waals surface area contributed by atoms with Crippen molar-refractivity contribution in [1.82, 2.24) is 4.98 Å². The summed E-state index contributed by atoms with van der Waals surface area (Å²) in [5, 5.41) is 1.12. The van der Waals surface area contributed by atoms with E-state index in [0.29, 0.717) is 6.61 Å². The van der Waals surface area contributed by atoms with E-state index in [2.05, 4.69) is 23.6 Å². The number of para-hydroxylation sites is 1. The number of hydrogen-bond acceptors (Lipinski definition) is 4. The van der Waals surface area contributed by atoms with E-state index >= 15 is 0 Å². The summed E-state index contributed by atoms with van der Waals surface area (Å²) in [5.41, 5.74) is 8.72. The number of nitrogen functional groups attached to an aromatic ring is 1. The normalized spacial score (nSPS) is 13.8. The lowest BCUT2D eigenvalue weighted by atomic mass is 10.0. The number of nitrogens with zero attached hydrogens (tertiary/aromatic N) is 1. The molecule has 100 valence electrons. The van der Waals surface area contributed by atoms with Crippen molar-refractivity contribution in [1.29, 1.82) is 0 Å². The highest BCUT2D eigenvalue weighted by Crippen LogP contribution is 2.34. The third kappa shape index (κ3) is 2.07. The number of hydrogen-bond donors (Lipinski definition) is 2. The maximum absolute atomic E-state index is 5.74. The van der Waals surface area contributed by atoms with Gasteiger partial charge in [-0.25, -0.2) is 0 Å². The predicted octanol–water partition coefficient (Wildman–Crippen LogP) is 2.20. The summed E-state index contributed by atoms with van der Waals surface area (Å²) >= 11 is 0. The van der Waals surface area contributed by atoms with Gasteiger partial charge in [-0.2, -0.15) is 0 Å². The first-order valence-corrected chi connectivity index (χ1v) is 6.74. The second-order valence-corrected chi connectivity index (χ2v) is 4.97. The third-order valence-corrected chi connectivity index (χ3v) is 3.85. The fourth-order valence-corrected chi connectivity index (χ4v) is 2.92. The molecule has 0 radical (unpaired) electrons. The van der Waals surface area contributed by atoms with Crippen LogP contribution in [0, 0.1) is 0 Å². The second-order valence-electron chi connectivity index (χ2n) is 4.97. The third-order valence-electron chi connectivity index (χ3n) is 3.85. The molecule has 1 aromatic carbocycles. The van der Waals surface area contributed by atoms with Gasteiger partial charge in [-0.1, -0.05) is 18.2 Å². The predicted molar refractivity (Wildman–Crippen MR) is 77.2 cm³/mol. The zero-order valence-corrected chi connectivity index (χ0v) is 11.2. The number of pyridine rings is 1. The first-order chi connectivity index (χ1) is 9.35. The molecule has 3 N–H and O–H groups in total. The fraction of sp³-hybridized carbons (Fsp3) is 0.400. The molecule has 1 aromatic heterocycles. The van der Waals surface area contributed by atoms with E-state index in [1.165, 1.54) is 23.2 Å². The van der Waals surface area contributed by atoms with Crippen molar-refractivity contribution in [3.63, 3.8) is 0 Å². The maximum atomic E-state index is 5.74. The summed E-state index contributed by atoms with van der Waals surface area (Å²) in [4.78, 5) is 4.87. The molecule has 19 heavy (non-hydrogen) atoms. The van der Waals surface area contributed by atoms with Crippen molar-refractivity contribution in [2.45, 2.75) is 25.7 Å². The Bertz CT molecular complexity index is 610. The summed E-state index contributed by atoms with van der Waals surface area (Å²) in [7, 11) is 1.73. The van der Waals surface area contributed by atoms with E-state index in [1.807, 2.05) is 0 Å². The zero-order valence-electron chi connectivity index (χ0n) is 11.2. The topological polar surface area (TPSA) is 60.2 Å². The van der Waals surface area contributed by atoms with Crippen LogP contribution in [-0.2, 0) is 24.0 Å². The van der Waals surface area contributed by atoms with Gasteiger partial charge in [0.2, 0.25) is 0 Å². The number of nitrogens with two attached hydrogens (primary N) is 1. The smallest absolute Gasteiger partial charge is 0.0759 e. The summed E-state index contributed by atoms with van der Waals surface area (Å²) in [6.45, 7) is 0.712. The van der Waals surface area contributed by atoms with Crippen LogP contribution in [0.1, 0.15) is 23.2 Å². The lowest BCUT2D eigenvalue weighted by Gasteiger charge is -2.14. The van der Waals surface area contributed by atoms with Gasteiger partial charge in [-0.15, -0.1) is 0 Å². The number of anilines is 1. The molecule has 1 aliphatic carbocycles.